The Kier molecular flexibility index (Phi) is 6.33. The quantitative estimate of drug-likeness (QED) is 0.604. The molecule has 3 aromatic rings. The van der Waals surface area contributed by atoms with Crippen molar-refractivity contribution >= 4 is 27.9 Å². The predicted molar refractivity (Wildman–Crippen MR) is 117 cm³/mol. The third kappa shape index (κ3) is 4.62. The molecule has 1 atom stereocenters. The number of rotatable bonds is 7. The maximum atomic E-state index is 13.0. The first-order valence-corrected chi connectivity index (χ1v) is 11.5. The summed E-state index contributed by atoms with van der Waals surface area (Å²) in [5, 5.41) is 14.8. The van der Waals surface area contributed by atoms with E-state index < -0.39 is 17.0 Å². The Bertz CT molecular complexity index is 1100. The van der Waals surface area contributed by atoms with Gasteiger partial charge >= 0.3 is 5.97 Å². The Morgan fingerprint density at radius 1 is 1.26 bits per heavy atom. The van der Waals surface area contributed by atoms with Gasteiger partial charge in [0.25, 0.3) is 0 Å². The molecule has 31 heavy (non-hydrogen) atoms. The van der Waals surface area contributed by atoms with Crippen LogP contribution in [0.3, 0.4) is 0 Å². The average molecular weight is 443 g/mol. The van der Waals surface area contributed by atoms with Crippen LogP contribution in [-0.4, -0.2) is 54.1 Å². The van der Waals surface area contributed by atoms with Gasteiger partial charge in [0.15, 0.2) is 0 Å². The highest BCUT2D eigenvalue weighted by Gasteiger charge is 2.27. The van der Waals surface area contributed by atoms with Crippen LogP contribution < -0.4 is 4.74 Å². The number of piperidine rings is 1. The number of aromatic nitrogens is 3. The number of aliphatic carboxylic acids is 1. The van der Waals surface area contributed by atoms with Crippen molar-refractivity contribution in [1.82, 2.24) is 19.1 Å². The van der Waals surface area contributed by atoms with E-state index in [1.807, 2.05) is 35.0 Å². The summed E-state index contributed by atoms with van der Waals surface area (Å²) in [6, 6.07) is 9.67. The minimum atomic E-state index is -1.28. The molecule has 1 aliphatic heterocycles. The lowest BCUT2D eigenvalue weighted by Gasteiger charge is -2.31. The third-order valence-corrected chi connectivity index (χ3v) is 6.94. The fourth-order valence-corrected chi connectivity index (χ4v) is 5.14. The summed E-state index contributed by atoms with van der Waals surface area (Å²) in [6.45, 7) is 5.77. The minimum Gasteiger partial charge on any atom is -0.481 e. The first-order chi connectivity index (χ1) is 15.0. The van der Waals surface area contributed by atoms with Crippen molar-refractivity contribution in [2.45, 2.75) is 44.0 Å². The van der Waals surface area contributed by atoms with E-state index in [2.05, 4.69) is 16.1 Å². The van der Waals surface area contributed by atoms with Crippen molar-refractivity contribution in [3.8, 4) is 5.88 Å². The van der Waals surface area contributed by atoms with Crippen LogP contribution in [0.25, 0.3) is 10.9 Å². The molecule has 1 fully saturated rings. The van der Waals surface area contributed by atoms with Gasteiger partial charge in [0.2, 0.25) is 5.88 Å². The number of nitrogens with zero attached hydrogens (tertiary/aromatic N) is 4. The van der Waals surface area contributed by atoms with Gasteiger partial charge in [-0.15, -0.1) is 0 Å². The summed E-state index contributed by atoms with van der Waals surface area (Å²) < 4.78 is 22.2. The van der Waals surface area contributed by atoms with Gasteiger partial charge in [0.05, 0.1) is 35.2 Å². The number of carboxylic acids is 1. The zero-order valence-corrected chi connectivity index (χ0v) is 18.5. The van der Waals surface area contributed by atoms with E-state index in [0.717, 1.165) is 29.3 Å². The molecule has 3 heterocycles. The molecule has 1 unspecified atom stereocenters. The monoisotopic (exact) mass is 442 g/mol. The van der Waals surface area contributed by atoms with E-state index in [1.54, 1.807) is 18.3 Å². The molecule has 1 saturated heterocycles. The fraction of sp³-hybridized carbons (Fsp3) is 0.409. The van der Waals surface area contributed by atoms with Crippen LogP contribution in [0.15, 0.2) is 41.4 Å². The predicted octanol–water partition coefficient (Wildman–Crippen LogP) is 3.13. The molecule has 0 saturated carbocycles. The van der Waals surface area contributed by atoms with E-state index in [0.29, 0.717) is 36.2 Å². The maximum absolute atomic E-state index is 13.0. The van der Waals surface area contributed by atoms with Gasteiger partial charge in [0, 0.05) is 30.7 Å². The average Bonchev–Trinajstić information content (AvgIpc) is 3.11. The summed E-state index contributed by atoms with van der Waals surface area (Å²) in [5.74, 6) is -0.360. The summed E-state index contributed by atoms with van der Waals surface area (Å²) in [7, 11) is -1.28. The van der Waals surface area contributed by atoms with Crippen LogP contribution in [0.1, 0.15) is 37.1 Å². The van der Waals surface area contributed by atoms with Gasteiger partial charge in [-0.3, -0.25) is 9.48 Å². The van der Waals surface area contributed by atoms with Crippen molar-refractivity contribution in [2.24, 2.45) is 0 Å². The lowest BCUT2D eigenvalue weighted by molar-refractivity contribution is -0.136. The standard InChI is InChI=1S/C22H26N4O4S/c1-3-30-21-7-5-17(14-23-21)31(29)25-10-8-16(9-11-25)26-20-12-15(2)4-6-18(20)19(24-26)13-22(27)28/h4-7,12,14,16H,3,8-11,13H2,1-2H3,(H,27,28). The number of aryl methyl sites for hydroxylation is 1. The molecule has 1 aliphatic rings. The number of hydrogen-bond donors (Lipinski definition) is 1. The Labute approximate surface area is 183 Å². The second-order valence-corrected chi connectivity index (χ2v) is 9.14. The topological polar surface area (TPSA) is 97.6 Å². The van der Waals surface area contributed by atoms with Crippen LogP contribution in [0.2, 0.25) is 0 Å². The summed E-state index contributed by atoms with van der Waals surface area (Å²) in [6.07, 6.45) is 3.08. The Hall–Kier alpha value is -2.78. The Morgan fingerprint density at radius 2 is 2.03 bits per heavy atom. The number of ether oxygens (including phenoxy) is 1. The van der Waals surface area contributed by atoms with Crippen LogP contribution in [0.4, 0.5) is 0 Å². The lowest BCUT2D eigenvalue weighted by atomic mass is 10.1. The number of fused-ring (bicyclic) bond motifs is 1. The normalized spacial score (nSPS) is 16.5. The molecular formula is C22H26N4O4S. The first kappa shape index (κ1) is 21.5. The van der Waals surface area contributed by atoms with Crippen molar-refractivity contribution < 1.29 is 18.8 Å². The highest BCUT2D eigenvalue weighted by molar-refractivity contribution is 7.82. The molecule has 0 bridgehead atoms. The van der Waals surface area contributed by atoms with E-state index in [1.165, 1.54) is 0 Å². The highest BCUT2D eigenvalue weighted by atomic mass is 32.2. The SMILES string of the molecule is CCOc1ccc(S(=O)N2CCC(n3nc(CC(=O)O)c4ccc(C)cc43)CC2)cn1. The van der Waals surface area contributed by atoms with Gasteiger partial charge in [-0.2, -0.15) is 5.10 Å². The summed E-state index contributed by atoms with van der Waals surface area (Å²) in [4.78, 5) is 16.1. The first-order valence-electron chi connectivity index (χ1n) is 10.4. The molecule has 0 spiro atoms. The number of benzene rings is 1. The van der Waals surface area contributed by atoms with Gasteiger partial charge in [-0.05, 0) is 44.4 Å². The van der Waals surface area contributed by atoms with E-state index >= 15 is 0 Å². The van der Waals surface area contributed by atoms with E-state index in [-0.39, 0.29) is 12.5 Å². The number of carboxylic acid groups (broad SMARTS) is 1. The van der Waals surface area contributed by atoms with Crippen molar-refractivity contribution in [1.29, 1.82) is 0 Å². The fourth-order valence-electron chi connectivity index (χ4n) is 3.97. The number of pyridine rings is 1. The molecular weight excluding hydrogens is 416 g/mol. The van der Waals surface area contributed by atoms with Gasteiger partial charge in [-0.1, -0.05) is 12.1 Å². The molecule has 4 rings (SSSR count). The van der Waals surface area contributed by atoms with Crippen LogP contribution in [0.5, 0.6) is 5.88 Å². The van der Waals surface area contributed by atoms with Crippen LogP contribution in [0, 0.1) is 6.92 Å². The van der Waals surface area contributed by atoms with Gasteiger partial charge in [-0.25, -0.2) is 13.5 Å². The van der Waals surface area contributed by atoms with Crippen molar-refractivity contribution in [3.63, 3.8) is 0 Å². The summed E-state index contributed by atoms with van der Waals surface area (Å²) in [5.41, 5.74) is 2.66. The molecule has 1 N–H and O–H groups in total. The lowest BCUT2D eigenvalue weighted by Crippen LogP contribution is -2.36. The van der Waals surface area contributed by atoms with E-state index in [4.69, 9.17) is 4.74 Å². The minimum absolute atomic E-state index is 0.0971. The molecule has 2 aromatic heterocycles. The highest BCUT2D eigenvalue weighted by Crippen LogP contribution is 2.30. The number of hydrogen-bond acceptors (Lipinski definition) is 5. The Morgan fingerprint density at radius 3 is 2.68 bits per heavy atom. The summed E-state index contributed by atoms with van der Waals surface area (Å²) >= 11 is 0. The molecule has 1 aromatic carbocycles. The molecule has 8 nitrogen and oxygen atoms in total. The van der Waals surface area contributed by atoms with Gasteiger partial charge < -0.3 is 9.84 Å². The smallest absolute Gasteiger partial charge is 0.309 e. The van der Waals surface area contributed by atoms with Crippen LogP contribution in [-0.2, 0) is 22.2 Å². The second kappa shape index (κ2) is 9.15. The molecule has 0 amide bonds. The molecule has 164 valence electrons. The molecule has 0 aliphatic carbocycles. The van der Waals surface area contributed by atoms with E-state index in [9.17, 15) is 14.1 Å². The molecule has 9 heteroatoms. The zero-order chi connectivity index (χ0) is 22.0. The van der Waals surface area contributed by atoms with Crippen LogP contribution >= 0.6 is 0 Å². The Balaban J connectivity index is 1.49. The molecule has 0 radical (unpaired) electrons. The zero-order valence-electron chi connectivity index (χ0n) is 17.7. The maximum Gasteiger partial charge on any atom is 0.309 e. The van der Waals surface area contributed by atoms with Gasteiger partial charge in [0.1, 0.15) is 11.0 Å². The largest absolute Gasteiger partial charge is 0.481 e. The third-order valence-electron chi connectivity index (χ3n) is 5.46. The second-order valence-electron chi connectivity index (χ2n) is 7.66. The van der Waals surface area contributed by atoms with Crippen molar-refractivity contribution in [3.05, 3.63) is 47.8 Å². The number of carbonyl (C=O) groups is 1. The van der Waals surface area contributed by atoms with Crippen molar-refractivity contribution in [2.75, 3.05) is 19.7 Å².